The summed E-state index contributed by atoms with van der Waals surface area (Å²) in [5.74, 6) is -4.14. The molecule has 0 saturated carbocycles. The van der Waals surface area contributed by atoms with Gasteiger partial charge in [-0.05, 0) is 95.7 Å². The van der Waals surface area contributed by atoms with Crippen LogP contribution in [0.5, 0.6) is 11.5 Å². The van der Waals surface area contributed by atoms with Crippen LogP contribution >= 0.6 is 0 Å². The van der Waals surface area contributed by atoms with Gasteiger partial charge in [0, 0.05) is 56.8 Å². The summed E-state index contributed by atoms with van der Waals surface area (Å²) in [7, 11) is -9.05. The predicted molar refractivity (Wildman–Crippen MR) is 197 cm³/mol. The minimum Gasteiger partial charge on any atom is -0.507 e. The number of carbonyl (C=O) groups is 4. The van der Waals surface area contributed by atoms with Gasteiger partial charge in [-0.2, -0.15) is 16.8 Å². The van der Waals surface area contributed by atoms with E-state index in [4.69, 9.17) is 0 Å². The first-order chi connectivity index (χ1) is 25.4. The van der Waals surface area contributed by atoms with Gasteiger partial charge < -0.3 is 31.5 Å². The molecule has 6 rings (SSSR count). The Labute approximate surface area is 305 Å². The maximum atomic E-state index is 13.0. The lowest BCUT2D eigenvalue weighted by Gasteiger charge is -2.11. The first kappa shape index (κ1) is 36.9. The highest BCUT2D eigenvalue weighted by Gasteiger charge is 2.18. The third-order valence-corrected chi connectivity index (χ3v) is 9.59. The Morgan fingerprint density at radius 3 is 1.20 bits per heavy atom. The highest BCUT2D eigenvalue weighted by molar-refractivity contribution is 7.86. The van der Waals surface area contributed by atoms with Crippen LogP contribution in [0, 0.1) is 0 Å². The van der Waals surface area contributed by atoms with Gasteiger partial charge in [0.1, 0.15) is 11.5 Å². The molecular weight excluding hydrogens is 745 g/mol. The maximum absolute atomic E-state index is 13.0. The van der Waals surface area contributed by atoms with Crippen LogP contribution in [0.3, 0.4) is 0 Å². The molecule has 18 heteroatoms. The van der Waals surface area contributed by atoms with Crippen molar-refractivity contribution in [1.82, 2.24) is 0 Å². The van der Waals surface area contributed by atoms with Crippen molar-refractivity contribution in [3.8, 4) is 11.5 Å². The number of anilines is 4. The number of hydrogen-bond acceptors (Lipinski definition) is 10. The molecule has 0 heterocycles. The Morgan fingerprint density at radius 2 is 0.833 bits per heavy atom. The molecule has 0 aliphatic heterocycles. The van der Waals surface area contributed by atoms with Crippen molar-refractivity contribution in [1.29, 1.82) is 0 Å². The summed E-state index contributed by atoms with van der Waals surface area (Å²) in [6.45, 7) is 0. The van der Waals surface area contributed by atoms with Crippen LogP contribution in [-0.2, 0) is 29.8 Å². The summed E-state index contributed by atoms with van der Waals surface area (Å²) in [6.07, 6.45) is 0. The fourth-order valence-corrected chi connectivity index (χ4v) is 6.41. The lowest BCUT2D eigenvalue weighted by Crippen LogP contribution is -2.29. The summed E-state index contributed by atoms with van der Waals surface area (Å²) in [5, 5.41) is 31.6. The largest absolute Gasteiger partial charge is 0.507 e. The molecule has 0 aliphatic rings. The molecule has 16 nitrogen and oxygen atoms in total. The topological polar surface area (TPSA) is 266 Å². The molecule has 6 aromatic carbocycles. The Kier molecular flexibility index (Phi) is 9.76. The fourth-order valence-electron chi connectivity index (χ4n) is 5.38. The Morgan fingerprint density at radius 1 is 0.444 bits per heavy atom. The third kappa shape index (κ3) is 8.27. The first-order valence-corrected chi connectivity index (χ1v) is 18.3. The van der Waals surface area contributed by atoms with E-state index in [1.165, 1.54) is 84.9 Å². The molecule has 0 bridgehead atoms. The lowest BCUT2D eigenvalue weighted by molar-refractivity contribution is -0.132. The number of nitrogens with one attached hydrogen (secondary N) is 4. The van der Waals surface area contributed by atoms with Crippen molar-refractivity contribution in [2.75, 3.05) is 21.3 Å². The van der Waals surface area contributed by atoms with E-state index in [1.54, 1.807) is 0 Å². The molecule has 4 amide bonds. The number of fused-ring (bicyclic) bond motifs is 2. The smallest absolute Gasteiger partial charge is 0.314 e. The molecule has 8 N–H and O–H groups in total. The van der Waals surface area contributed by atoms with Crippen molar-refractivity contribution in [3.63, 3.8) is 0 Å². The molecule has 0 saturated heterocycles. The second-order valence-electron chi connectivity index (χ2n) is 11.7. The first-order valence-electron chi connectivity index (χ1n) is 15.4. The van der Waals surface area contributed by atoms with E-state index in [0.29, 0.717) is 0 Å². The van der Waals surface area contributed by atoms with Gasteiger partial charge >= 0.3 is 11.8 Å². The average molecular weight is 771 g/mol. The number of amides is 4. The van der Waals surface area contributed by atoms with Crippen LogP contribution in [0.15, 0.2) is 119 Å². The lowest BCUT2D eigenvalue weighted by atomic mass is 10.1. The van der Waals surface area contributed by atoms with Crippen molar-refractivity contribution >= 4 is 88.2 Å². The van der Waals surface area contributed by atoms with Crippen LogP contribution in [0.2, 0.25) is 0 Å². The van der Waals surface area contributed by atoms with Crippen molar-refractivity contribution in [3.05, 3.63) is 120 Å². The van der Waals surface area contributed by atoms with Gasteiger partial charge in [0.25, 0.3) is 32.1 Å². The van der Waals surface area contributed by atoms with Crippen molar-refractivity contribution in [2.24, 2.45) is 0 Å². The van der Waals surface area contributed by atoms with E-state index >= 15 is 0 Å². The van der Waals surface area contributed by atoms with Gasteiger partial charge in [0.15, 0.2) is 0 Å². The van der Waals surface area contributed by atoms with Gasteiger partial charge in [0.05, 0.1) is 9.79 Å². The second kappa shape index (κ2) is 14.3. The highest BCUT2D eigenvalue weighted by atomic mass is 32.2. The van der Waals surface area contributed by atoms with Gasteiger partial charge in [-0.3, -0.25) is 28.3 Å². The Hall–Kier alpha value is -6.86. The van der Waals surface area contributed by atoms with E-state index in [0.717, 1.165) is 24.3 Å². The van der Waals surface area contributed by atoms with Crippen molar-refractivity contribution < 1.29 is 55.3 Å². The van der Waals surface area contributed by atoms with E-state index in [-0.39, 0.29) is 66.9 Å². The number of phenolic OH excluding ortho intramolecular Hbond substituents is 2. The molecular formula is C36H26N4O12S2. The molecule has 0 aromatic heterocycles. The minimum absolute atomic E-state index is 0.0387. The SMILES string of the molecule is O=C(Nc1cccc(C(=O)Nc2cc(O)c3ccc(S(=O)(=O)O)cc3c2)c1)C(=O)Nc1cccc(C(=O)Nc2cc(O)c3ccc(S(=O)(=O)O)cc3c2)c1. The van der Waals surface area contributed by atoms with E-state index in [2.05, 4.69) is 21.3 Å². The van der Waals surface area contributed by atoms with Crippen LogP contribution in [0.25, 0.3) is 21.5 Å². The van der Waals surface area contributed by atoms with Crippen LogP contribution in [0.1, 0.15) is 20.7 Å². The highest BCUT2D eigenvalue weighted by Crippen LogP contribution is 2.32. The summed E-state index contributed by atoms with van der Waals surface area (Å²) in [5.41, 5.74) is 0.391. The monoisotopic (exact) mass is 770 g/mol. The van der Waals surface area contributed by atoms with Crippen LogP contribution in [0.4, 0.5) is 22.7 Å². The molecule has 0 aliphatic carbocycles. The molecule has 6 aromatic rings. The summed E-state index contributed by atoms with van der Waals surface area (Å²) < 4.78 is 64.9. The standard InChI is InChI=1S/C36H26N4O12S2/c41-31-17-25(13-21-15-27(53(47,48)49)7-9-29(21)31)39-33(43)19-3-1-5-23(11-19)37-35(45)36(46)38-24-6-2-4-20(12-24)34(44)40-26-14-22-16-28(54(50,51)52)8-10-30(22)32(42)18-26/h1-18,41-42H,(H,37,45)(H,38,46)(H,39,43)(H,40,44)(H,47,48,49)(H,50,51,52). The molecule has 274 valence electrons. The normalized spacial score (nSPS) is 11.5. The number of hydrogen-bond donors (Lipinski definition) is 8. The van der Waals surface area contributed by atoms with E-state index in [1.807, 2.05) is 0 Å². The fraction of sp³-hybridized carbons (Fsp3) is 0. The predicted octanol–water partition coefficient (Wildman–Crippen LogP) is 4.98. The molecule has 54 heavy (non-hydrogen) atoms. The van der Waals surface area contributed by atoms with E-state index < -0.39 is 53.7 Å². The van der Waals surface area contributed by atoms with Crippen LogP contribution < -0.4 is 21.3 Å². The molecule has 0 fully saturated rings. The van der Waals surface area contributed by atoms with Crippen LogP contribution in [-0.4, -0.2) is 59.8 Å². The molecule has 0 unspecified atom stereocenters. The maximum Gasteiger partial charge on any atom is 0.314 e. The zero-order valence-corrected chi connectivity index (χ0v) is 28.9. The van der Waals surface area contributed by atoms with Gasteiger partial charge in [0.2, 0.25) is 0 Å². The zero-order valence-electron chi connectivity index (χ0n) is 27.3. The number of phenols is 2. The van der Waals surface area contributed by atoms with Gasteiger partial charge in [-0.1, -0.05) is 12.1 Å². The Balaban J connectivity index is 1.10. The second-order valence-corrected chi connectivity index (χ2v) is 14.5. The third-order valence-electron chi connectivity index (χ3n) is 7.89. The number of aromatic hydroxyl groups is 2. The number of benzene rings is 6. The molecule has 0 radical (unpaired) electrons. The molecule has 0 atom stereocenters. The zero-order chi connectivity index (χ0) is 38.9. The summed E-state index contributed by atoms with van der Waals surface area (Å²) in [4.78, 5) is 50.8. The minimum atomic E-state index is -4.53. The van der Waals surface area contributed by atoms with Crippen molar-refractivity contribution in [2.45, 2.75) is 9.79 Å². The Bertz CT molecular complexity index is 2600. The van der Waals surface area contributed by atoms with Gasteiger partial charge in [-0.15, -0.1) is 0 Å². The quantitative estimate of drug-likeness (QED) is 0.0753. The number of carbonyl (C=O) groups excluding carboxylic acids is 4. The van der Waals surface area contributed by atoms with E-state index in [9.17, 15) is 55.3 Å². The van der Waals surface area contributed by atoms with Gasteiger partial charge in [-0.25, -0.2) is 0 Å². The molecule has 0 spiro atoms. The average Bonchev–Trinajstić information content (AvgIpc) is 3.10. The number of rotatable bonds is 8. The summed E-state index contributed by atoms with van der Waals surface area (Å²) >= 11 is 0. The summed E-state index contributed by atoms with van der Waals surface area (Å²) in [6, 6.07) is 23.4.